The molecule has 0 bridgehead atoms. The van der Waals surface area contributed by atoms with Gasteiger partial charge in [-0.3, -0.25) is 4.79 Å². The van der Waals surface area contributed by atoms with Crippen molar-refractivity contribution in [2.75, 3.05) is 27.2 Å². The molecule has 9 heteroatoms. The molecule has 2 aromatic rings. The maximum atomic E-state index is 13.7. The zero-order valence-corrected chi connectivity index (χ0v) is 18.3. The Bertz CT molecular complexity index is 754. The highest BCUT2D eigenvalue weighted by molar-refractivity contribution is 14.0. The van der Waals surface area contributed by atoms with Crippen LogP contribution in [0.1, 0.15) is 10.4 Å². The van der Waals surface area contributed by atoms with E-state index in [0.29, 0.717) is 31.0 Å². The summed E-state index contributed by atoms with van der Waals surface area (Å²) in [5, 5.41) is 8.17. The molecule has 0 saturated heterocycles. The summed E-state index contributed by atoms with van der Waals surface area (Å²) in [6, 6.07) is 7.33. The van der Waals surface area contributed by atoms with Crippen molar-refractivity contribution in [1.29, 1.82) is 0 Å². The molecular weight excluding hydrogens is 485 g/mol. The molecule has 1 heterocycles. The Morgan fingerprint density at radius 2 is 2.00 bits per heavy atom. The zero-order valence-electron chi connectivity index (χ0n) is 15.2. The second kappa shape index (κ2) is 11.9. The van der Waals surface area contributed by atoms with Crippen molar-refractivity contribution in [3.63, 3.8) is 0 Å². The van der Waals surface area contributed by atoms with Crippen molar-refractivity contribution >= 4 is 47.2 Å². The Balaban J connectivity index is 0.00000364. The van der Waals surface area contributed by atoms with Gasteiger partial charge in [0.05, 0.1) is 6.54 Å². The number of rotatable bonds is 7. The number of nitrogens with one attached hydrogen (secondary N) is 2. The average molecular weight is 508 g/mol. The number of guanidine groups is 1. The Kier molecular flexibility index (Phi) is 10.2. The Morgan fingerprint density at radius 3 is 2.67 bits per heavy atom. The number of hydrogen-bond donors (Lipinski definition) is 2. The summed E-state index contributed by atoms with van der Waals surface area (Å²) < 4.78 is 26.9. The third kappa shape index (κ3) is 8.21. The highest BCUT2D eigenvalue weighted by Crippen LogP contribution is 2.10. The van der Waals surface area contributed by atoms with Crippen molar-refractivity contribution in [2.45, 2.75) is 13.0 Å². The minimum atomic E-state index is -0.470. The number of carbonyl (C=O) groups excluding carboxylic acids is 1. The fourth-order valence-electron chi connectivity index (χ4n) is 2.10. The largest absolute Gasteiger partial charge is 0.356 e. The van der Waals surface area contributed by atoms with Crippen molar-refractivity contribution in [3.8, 4) is 0 Å². The summed E-state index contributed by atoms with van der Waals surface area (Å²) in [4.78, 5) is 18.6. The van der Waals surface area contributed by atoms with Gasteiger partial charge in [-0.25, -0.2) is 13.8 Å². The Morgan fingerprint density at radius 1 is 1.22 bits per heavy atom. The normalized spacial score (nSPS) is 10.9. The number of aliphatic imine (C=N–C) groups is 1. The lowest BCUT2D eigenvalue weighted by atomic mass is 10.1. The van der Waals surface area contributed by atoms with Crippen LogP contribution < -0.4 is 10.6 Å². The van der Waals surface area contributed by atoms with E-state index in [1.165, 1.54) is 11.0 Å². The smallest absolute Gasteiger partial charge is 0.243 e. The molecule has 1 aromatic carbocycles. The van der Waals surface area contributed by atoms with Gasteiger partial charge in [-0.05, 0) is 41.6 Å². The number of nitrogens with zero attached hydrogens (tertiary/aromatic N) is 2. The predicted molar refractivity (Wildman–Crippen MR) is 116 cm³/mol. The first-order valence-corrected chi connectivity index (χ1v) is 9.02. The molecule has 0 spiro atoms. The first kappa shape index (κ1) is 23.3. The molecule has 0 atom stereocenters. The molecule has 0 fully saturated rings. The van der Waals surface area contributed by atoms with Gasteiger partial charge in [0.15, 0.2) is 5.96 Å². The van der Waals surface area contributed by atoms with Crippen LogP contribution in [-0.4, -0.2) is 44.0 Å². The predicted octanol–water partition coefficient (Wildman–Crippen LogP) is 3.01. The van der Waals surface area contributed by atoms with Gasteiger partial charge in [0, 0.05) is 25.5 Å². The first-order chi connectivity index (χ1) is 12.5. The van der Waals surface area contributed by atoms with Crippen LogP contribution in [0.15, 0.2) is 40.7 Å². The minimum Gasteiger partial charge on any atom is -0.356 e. The van der Waals surface area contributed by atoms with Crippen molar-refractivity contribution in [1.82, 2.24) is 15.5 Å². The van der Waals surface area contributed by atoms with Crippen LogP contribution in [-0.2, 0) is 17.8 Å². The number of thiophene rings is 1. The summed E-state index contributed by atoms with van der Waals surface area (Å²) in [5.74, 6) is -0.590. The van der Waals surface area contributed by atoms with E-state index in [-0.39, 0.29) is 36.4 Å². The van der Waals surface area contributed by atoms with E-state index in [1.54, 1.807) is 25.4 Å². The second-order valence-corrected chi connectivity index (χ2v) is 6.83. The lowest BCUT2D eigenvalue weighted by molar-refractivity contribution is -0.127. The third-order valence-electron chi connectivity index (χ3n) is 3.58. The van der Waals surface area contributed by atoms with Gasteiger partial charge in [0.25, 0.3) is 0 Å². The van der Waals surface area contributed by atoms with Gasteiger partial charge in [0.2, 0.25) is 5.91 Å². The quantitative estimate of drug-likeness (QED) is 0.344. The van der Waals surface area contributed by atoms with Gasteiger partial charge < -0.3 is 15.5 Å². The zero-order chi connectivity index (χ0) is 18.9. The van der Waals surface area contributed by atoms with Gasteiger partial charge >= 0.3 is 0 Å². The summed E-state index contributed by atoms with van der Waals surface area (Å²) in [6.45, 7) is 0.919. The van der Waals surface area contributed by atoms with Crippen LogP contribution in [0.4, 0.5) is 8.78 Å². The molecule has 0 aliphatic rings. The fraction of sp³-hybridized carbons (Fsp3) is 0.333. The van der Waals surface area contributed by atoms with E-state index in [2.05, 4.69) is 15.6 Å². The average Bonchev–Trinajstić information content (AvgIpc) is 3.12. The third-order valence-corrected chi connectivity index (χ3v) is 4.45. The molecule has 0 radical (unpaired) electrons. The fourth-order valence-corrected chi connectivity index (χ4v) is 2.74. The van der Waals surface area contributed by atoms with Gasteiger partial charge in [-0.2, -0.15) is 0 Å². The number of amides is 1. The second-order valence-electron chi connectivity index (χ2n) is 5.80. The number of halogens is 3. The topological polar surface area (TPSA) is 56.7 Å². The molecule has 1 amide bonds. The van der Waals surface area contributed by atoms with Crippen molar-refractivity contribution in [3.05, 3.63) is 57.8 Å². The van der Waals surface area contributed by atoms with Crippen LogP contribution in [0.5, 0.6) is 0 Å². The molecule has 0 aliphatic carbocycles. The van der Waals surface area contributed by atoms with Crippen LogP contribution in [0.25, 0.3) is 0 Å². The standard InChI is InChI=1S/C18H22F2N4OS.HI/c1-24(2)17(25)12-23-18(22-11-15-4-3-9-26-15)21-8-7-13-10-14(19)5-6-16(13)20;/h3-6,9-10H,7-8,11-12H2,1-2H3,(H2,21,22,23);1H. The van der Waals surface area contributed by atoms with Crippen molar-refractivity contribution in [2.24, 2.45) is 4.99 Å². The Labute approximate surface area is 178 Å². The minimum absolute atomic E-state index is 0. The molecule has 0 aliphatic heterocycles. The van der Waals surface area contributed by atoms with E-state index in [0.717, 1.165) is 17.0 Å². The number of benzene rings is 1. The molecule has 148 valence electrons. The molecule has 2 N–H and O–H groups in total. The molecule has 1 aromatic heterocycles. The van der Waals surface area contributed by atoms with E-state index in [1.807, 2.05) is 17.5 Å². The summed E-state index contributed by atoms with van der Waals surface area (Å²) in [7, 11) is 3.33. The Hall–Kier alpha value is -1.75. The highest BCUT2D eigenvalue weighted by atomic mass is 127. The molecule has 5 nitrogen and oxygen atoms in total. The summed E-state index contributed by atoms with van der Waals surface area (Å²) >= 11 is 1.61. The van der Waals surface area contributed by atoms with Crippen LogP contribution >= 0.6 is 35.3 Å². The molecular formula is C18H23F2IN4OS. The lowest BCUT2D eigenvalue weighted by Crippen LogP contribution is -2.39. The summed E-state index contributed by atoms with van der Waals surface area (Å²) in [5.41, 5.74) is 0.291. The number of carbonyl (C=O) groups is 1. The lowest BCUT2D eigenvalue weighted by Gasteiger charge is -2.13. The highest BCUT2D eigenvalue weighted by Gasteiger charge is 2.07. The summed E-state index contributed by atoms with van der Waals surface area (Å²) in [6.07, 6.45) is 0.297. The molecule has 0 unspecified atom stereocenters. The van der Waals surface area contributed by atoms with Gasteiger partial charge in [-0.1, -0.05) is 6.07 Å². The number of hydrogen-bond acceptors (Lipinski definition) is 3. The monoisotopic (exact) mass is 508 g/mol. The van der Waals surface area contributed by atoms with Crippen LogP contribution in [0, 0.1) is 11.6 Å². The van der Waals surface area contributed by atoms with E-state index in [9.17, 15) is 13.6 Å². The molecule has 27 heavy (non-hydrogen) atoms. The van der Waals surface area contributed by atoms with Gasteiger partial charge in [0.1, 0.15) is 18.2 Å². The van der Waals surface area contributed by atoms with Crippen LogP contribution in [0.2, 0.25) is 0 Å². The van der Waals surface area contributed by atoms with E-state index in [4.69, 9.17) is 0 Å². The SMILES string of the molecule is CN(C)C(=O)CN=C(NCCc1cc(F)ccc1F)NCc1cccs1.I. The van der Waals surface area contributed by atoms with Gasteiger partial charge in [-0.15, -0.1) is 35.3 Å². The first-order valence-electron chi connectivity index (χ1n) is 8.14. The van der Waals surface area contributed by atoms with E-state index < -0.39 is 11.6 Å². The van der Waals surface area contributed by atoms with Crippen LogP contribution in [0.3, 0.4) is 0 Å². The van der Waals surface area contributed by atoms with E-state index >= 15 is 0 Å². The maximum absolute atomic E-state index is 13.7. The van der Waals surface area contributed by atoms with Crippen molar-refractivity contribution < 1.29 is 13.6 Å². The maximum Gasteiger partial charge on any atom is 0.243 e. The molecule has 0 saturated carbocycles. The number of likely N-dealkylation sites (N-methyl/N-ethyl adjacent to an activating group) is 1. The molecule has 2 rings (SSSR count).